The third-order valence-electron chi connectivity index (χ3n) is 2.85. The normalized spacial score (nSPS) is 18.1. The van der Waals surface area contributed by atoms with Gasteiger partial charge in [-0.3, -0.25) is 0 Å². The second kappa shape index (κ2) is 6.18. The number of thioether (sulfide) groups is 1. The van der Waals surface area contributed by atoms with Crippen LogP contribution in [0.4, 0.5) is 0 Å². The number of nitrogens with one attached hydrogen (secondary N) is 2. The molecule has 0 saturated heterocycles. The van der Waals surface area contributed by atoms with Gasteiger partial charge >= 0.3 is 0 Å². The van der Waals surface area contributed by atoms with Gasteiger partial charge in [-0.2, -0.15) is 0 Å². The number of hydrogen-bond donors (Lipinski definition) is 2. The summed E-state index contributed by atoms with van der Waals surface area (Å²) < 4.78 is 0. The van der Waals surface area contributed by atoms with Gasteiger partial charge in [0.1, 0.15) is 0 Å². The standard InChI is InChI=1S/C11H19N3S/c1-2-4-10(5-3-1)12-8-9-15-11-13-6-7-14-11/h6-7,10,12H,1-5,8-9H2,(H,13,14). The van der Waals surface area contributed by atoms with Gasteiger partial charge in [0.05, 0.1) is 0 Å². The molecule has 0 unspecified atom stereocenters. The SMILES string of the molecule is c1c[nH]c(SCCNC2CCCCC2)n1. The predicted octanol–water partition coefficient (Wildman–Crippen LogP) is 2.42. The Morgan fingerprint density at radius 1 is 1.40 bits per heavy atom. The van der Waals surface area contributed by atoms with Crippen LogP contribution in [0.5, 0.6) is 0 Å². The van der Waals surface area contributed by atoms with Crippen molar-refractivity contribution in [2.45, 2.75) is 43.3 Å². The first-order valence-corrected chi connectivity index (χ1v) is 6.79. The van der Waals surface area contributed by atoms with Crippen molar-refractivity contribution >= 4 is 11.8 Å². The molecule has 1 saturated carbocycles. The van der Waals surface area contributed by atoms with Gasteiger partial charge in [0.25, 0.3) is 0 Å². The van der Waals surface area contributed by atoms with Gasteiger partial charge in [-0.1, -0.05) is 31.0 Å². The molecule has 1 aromatic rings. The molecule has 3 nitrogen and oxygen atoms in total. The number of aromatic nitrogens is 2. The van der Waals surface area contributed by atoms with Gasteiger partial charge in [0.2, 0.25) is 0 Å². The lowest BCUT2D eigenvalue weighted by molar-refractivity contribution is 0.381. The lowest BCUT2D eigenvalue weighted by Crippen LogP contribution is -2.32. The van der Waals surface area contributed by atoms with E-state index in [0.717, 1.165) is 23.5 Å². The van der Waals surface area contributed by atoms with Crippen LogP contribution in [0.25, 0.3) is 0 Å². The number of nitrogens with zero attached hydrogens (tertiary/aromatic N) is 1. The molecule has 2 N–H and O–H groups in total. The molecule has 2 rings (SSSR count). The zero-order valence-electron chi connectivity index (χ0n) is 9.04. The highest BCUT2D eigenvalue weighted by molar-refractivity contribution is 7.99. The molecule has 1 heterocycles. The second-order valence-electron chi connectivity index (χ2n) is 4.03. The molecule has 0 radical (unpaired) electrons. The molecule has 0 spiro atoms. The van der Waals surface area contributed by atoms with E-state index in [1.54, 1.807) is 18.0 Å². The zero-order chi connectivity index (χ0) is 10.3. The minimum absolute atomic E-state index is 0.774. The highest BCUT2D eigenvalue weighted by Gasteiger charge is 2.11. The first-order valence-electron chi connectivity index (χ1n) is 5.81. The molecular weight excluding hydrogens is 206 g/mol. The van der Waals surface area contributed by atoms with Crippen LogP contribution >= 0.6 is 11.8 Å². The lowest BCUT2D eigenvalue weighted by atomic mass is 9.96. The van der Waals surface area contributed by atoms with Crippen molar-refractivity contribution in [3.05, 3.63) is 12.4 Å². The van der Waals surface area contributed by atoms with Gasteiger partial charge in [0, 0.05) is 30.7 Å². The Bertz CT molecular complexity index is 255. The maximum absolute atomic E-state index is 4.18. The Kier molecular flexibility index (Phi) is 4.54. The van der Waals surface area contributed by atoms with E-state index in [1.807, 2.05) is 6.20 Å². The topological polar surface area (TPSA) is 40.7 Å². The molecule has 4 heteroatoms. The molecule has 0 bridgehead atoms. The van der Waals surface area contributed by atoms with Gasteiger partial charge in [0.15, 0.2) is 5.16 Å². The quantitative estimate of drug-likeness (QED) is 0.597. The van der Waals surface area contributed by atoms with Crippen LogP contribution in [0.3, 0.4) is 0 Å². The molecule has 15 heavy (non-hydrogen) atoms. The minimum atomic E-state index is 0.774. The van der Waals surface area contributed by atoms with E-state index in [0.29, 0.717) is 0 Å². The average molecular weight is 225 g/mol. The molecular formula is C11H19N3S. The van der Waals surface area contributed by atoms with E-state index >= 15 is 0 Å². The van der Waals surface area contributed by atoms with Crippen molar-refractivity contribution in [2.24, 2.45) is 0 Å². The Balaban J connectivity index is 1.54. The van der Waals surface area contributed by atoms with Gasteiger partial charge in [-0.15, -0.1) is 0 Å². The van der Waals surface area contributed by atoms with Crippen molar-refractivity contribution in [3.63, 3.8) is 0 Å². The van der Waals surface area contributed by atoms with E-state index < -0.39 is 0 Å². The van der Waals surface area contributed by atoms with Gasteiger partial charge in [-0.05, 0) is 12.8 Å². The monoisotopic (exact) mass is 225 g/mol. The van der Waals surface area contributed by atoms with Crippen molar-refractivity contribution in [1.82, 2.24) is 15.3 Å². The number of rotatable bonds is 5. The average Bonchev–Trinajstić information content (AvgIpc) is 2.79. The summed E-state index contributed by atoms with van der Waals surface area (Å²) in [5.41, 5.74) is 0. The third-order valence-corrected chi connectivity index (χ3v) is 3.76. The summed E-state index contributed by atoms with van der Waals surface area (Å²) in [4.78, 5) is 7.28. The minimum Gasteiger partial charge on any atom is -0.340 e. The van der Waals surface area contributed by atoms with Crippen LogP contribution < -0.4 is 5.32 Å². The smallest absolute Gasteiger partial charge is 0.165 e. The maximum atomic E-state index is 4.18. The Morgan fingerprint density at radius 2 is 2.27 bits per heavy atom. The molecule has 1 aliphatic rings. The molecule has 1 aliphatic carbocycles. The number of hydrogen-bond acceptors (Lipinski definition) is 3. The number of aromatic amines is 1. The van der Waals surface area contributed by atoms with Crippen LogP contribution in [0.2, 0.25) is 0 Å². The van der Waals surface area contributed by atoms with Gasteiger partial charge in [-0.25, -0.2) is 4.98 Å². The lowest BCUT2D eigenvalue weighted by Gasteiger charge is -2.22. The Morgan fingerprint density at radius 3 is 3.00 bits per heavy atom. The summed E-state index contributed by atoms with van der Waals surface area (Å²) in [6, 6.07) is 0.774. The summed E-state index contributed by atoms with van der Waals surface area (Å²) in [5.74, 6) is 1.10. The molecule has 1 fully saturated rings. The summed E-state index contributed by atoms with van der Waals surface area (Å²) in [6.45, 7) is 1.09. The highest BCUT2D eigenvalue weighted by atomic mass is 32.2. The molecule has 0 aliphatic heterocycles. The van der Waals surface area contributed by atoms with Crippen LogP contribution in [-0.2, 0) is 0 Å². The van der Waals surface area contributed by atoms with E-state index in [-0.39, 0.29) is 0 Å². The molecule has 0 aromatic carbocycles. The largest absolute Gasteiger partial charge is 0.340 e. The van der Waals surface area contributed by atoms with Crippen LogP contribution in [0, 0.1) is 0 Å². The number of imidazole rings is 1. The number of H-pyrrole nitrogens is 1. The van der Waals surface area contributed by atoms with Crippen LogP contribution in [-0.4, -0.2) is 28.3 Å². The van der Waals surface area contributed by atoms with Crippen LogP contribution in [0.1, 0.15) is 32.1 Å². The van der Waals surface area contributed by atoms with Crippen molar-refractivity contribution < 1.29 is 0 Å². The summed E-state index contributed by atoms with van der Waals surface area (Å²) in [5, 5.41) is 4.65. The Hall–Kier alpha value is -0.480. The van der Waals surface area contributed by atoms with Crippen molar-refractivity contribution in [1.29, 1.82) is 0 Å². The van der Waals surface area contributed by atoms with Crippen molar-refractivity contribution in [3.8, 4) is 0 Å². The second-order valence-corrected chi connectivity index (χ2v) is 5.12. The van der Waals surface area contributed by atoms with E-state index in [2.05, 4.69) is 15.3 Å². The predicted molar refractivity (Wildman–Crippen MR) is 64.2 cm³/mol. The first kappa shape index (κ1) is 11.0. The molecule has 1 aromatic heterocycles. The van der Waals surface area contributed by atoms with Crippen molar-refractivity contribution in [2.75, 3.05) is 12.3 Å². The fourth-order valence-corrected chi connectivity index (χ4v) is 2.75. The summed E-state index contributed by atoms with van der Waals surface area (Å²) in [6.07, 6.45) is 10.6. The molecule has 84 valence electrons. The summed E-state index contributed by atoms with van der Waals surface area (Å²) in [7, 11) is 0. The highest BCUT2D eigenvalue weighted by Crippen LogP contribution is 2.17. The van der Waals surface area contributed by atoms with Gasteiger partial charge < -0.3 is 10.3 Å². The van der Waals surface area contributed by atoms with E-state index in [4.69, 9.17) is 0 Å². The molecule has 0 amide bonds. The van der Waals surface area contributed by atoms with E-state index in [1.165, 1.54) is 32.1 Å². The molecule has 0 atom stereocenters. The first-order chi connectivity index (χ1) is 7.45. The zero-order valence-corrected chi connectivity index (χ0v) is 9.85. The maximum Gasteiger partial charge on any atom is 0.165 e. The fraction of sp³-hybridized carbons (Fsp3) is 0.727. The fourth-order valence-electron chi connectivity index (χ4n) is 2.05. The summed E-state index contributed by atoms with van der Waals surface area (Å²) >= 11 is 1.79. The van der Waals surface area contributed by atoms with Crippen LogP contribution in [0.15, 0.2) is 17.6 Å². The third kappa shape index (κ3) is 3.87. The Labute approximate surface area is 95.4 Å². The van der Waals surface area contributed by atoms with E-state index in [9.17, 15) is 0 Å².